The molecule has 2 aliphatic heterocycles. The van der Waals surface area contributed by atoms with Crippen LogP contribution in [0.15, 0.2) is 41.3 Å². The summed E-state index contributed by atoms with van der Waals surface area (Å²) in [5, 5.41) is 40.7. The molecule has 0 aliphatic carbocycles. The lowest BCUT2D eigenvalue weighted by molar-refractivity contribution is -0.184. The number of hydrogen-bond acceptors (Lipinski definition) is 9. The number of sulfonamides is 1. The van der Waals surface area contributed by atoms with Crippen molar-refractivity contribution < 1.29 is 28.5 Å². The Balaban J connectivity index is 1.48. The second-order valence-corrected chi connectivity index (χ2v) is 10.7. The van der Waals surface area contributed by atoms with Crippen LogP contribution in [-0.4, -0.2) is 99.4 Å². The van der Waals surface area contributed by atoms with E-state index >= 15 is 0 Å². The van der Waals surface area contributed by atoms with Crippen LogP contribution >= 0.6 is 0 Å². The Bertz CT molecular complexity index is 1240. The minimum absolute atomic E-state index is 0.237. The van der Waals surface area contributed by atoms with E-state index in [-0.39, 0.29) is 13.2 Å². The van der Waals surface area contributed by atoms with Gasteiger partial charge in [-0.3, -0.25) is 0 Å². The lowest BCUT2D eigenvalue weighted by Gasteiger charge is -2.35. The number of nitrogens with zero attached hydrogens (tertiary/aromatic N) is 3. The first-order valence-electron chi connectivity index (χ1n) is 11.4. The zero-order valence-electron chi connectivity index (χ0n) is 19.4. The molecule has 10 nitrogen and oxygen atoms in total. The summed E-state index contributed by atoms with van der Waals surface area (Å²) in [5.41, 5.74) is 1.70. The summed E-state index contributed by atoms with van der Waals surface area (Å²) in [6.07, 6.45) is -3.94. The van der Waals surface area contributed by atoms with Crippen molar-refractivity contribution in [1.82, 2.24) is 9.62 Å². The third-order valence-corrected chi connectivity index (χ3v) is 7.83. The maximum atomic E-state index is 12.7. The van der Waals surface area contributed by atoms with Crippen LogP contribution < -0.4 is 9.62 Å². The predicted octanol–water partition coefficient (Wildman–Crippen LogP) is -0.143. The molecule has 4 atom stereocenters. The summed E-state index contributed by atoms with van der Waals surface area (Å²) >= 11 is 0. The predicted molar refractivity (Wildman–Crippen MR) is 132 cm³/mol. The first-order valence-corrected chi connectivity index (χ1v) is 12.9. The van der Waals surface area contributed by atoms with Gasteiger partial charge in [-0.15, -0.1) is 0 Å². The molecule has 35 heavy (non-hydrogen) atoms. The van der Waals surface area contributed by atoms with E-state index in [9.17, 15) is 29.0 Å². The largest absolute Gasteiger partial charge is 0.388 e. The summed E-state index contributed by atoms with van der Waals surface area (Å²) in [4.78, 5) is 4.15. The van der Waals surface area contributed by atoms with Gasteiger partial charge in [0, 0.05) is 38.4 Å². The molecule has 2 fully saturated rings. The number of ether oxygens (including phenoxy) is 1. The third-order valence-electron chi connectivity index (χ3n) is 6.49. The highest BCUT2D eigenvalue weighted by atomic mass is 32.2. The smallest absolute Gasteiger partial charge is 0.250 e. The number of hydrogen-bond donors (Lipinski definition) is 4. The Morgan fingerprint density at radius 3 is 2.51 bits per heavy atom. The van der Waals surface area contributed by atoms with Crippen molar-refractivity contribution in [2.24, 2.45) is 0 Å². The van der Waals surface area contributed by atoms with Crippen LogP contribution in [0.5, 0.6) is 0 Å². The first kappa shape index (κ1) is 25.5. The van der Waals surface area contributed by atoms with Crippen molar-refractivity contribution in [2.75, 3.05) is 51.3 Å². The second-order valence-electron chi connectivity index (χ2n) is 8.97. The van der Waals surface area contributed by atoms with Crippen LogP contribution in [0.3, 0.4) is 0 Å². The van der Waals surface area contributed by atoms with Gasteiger partial charge < -0.3 is 29.9 Å². The standard InChI is InChI=1S/C24H30N4O6S/c1-27-6-8-28(9-7-27)19-5-4-17-10-16(2-3-18(17)12-19)11-20(13-25)35(32,33)26-14-22-24(31)23(30)21(29)15-34-22/h2-5,10-12,21-24,26,29-31H,6-9,14-15H2,1H3/b20-11+/t21-,22+,23+,24+/m0/s1. The van der Waals surface area contributed by atoms with E-state index in [1.165, 1.54) is 6.08 Å². The van der Waals surface area contributed by atoms with E-state index in [1.807, 2.05) is 24.3 Å². The molecule has 0 amide bonds. The number of anilines is 1. The maximum absolute atomic E-state index is 12.7. The molecule has 188 valence electrons. The Labute approximate surface area is 204 Å². The van der Waals surface area contributed by atoms with Crippen LogP contribution in [0.2, 0.25) is 0 Å². The summed E-state index contributed by atoms with van der Waals surface area (Å²) in [7, 11) is -2.09. The molecular formula is C24H30N4O6S. The molecule has 2 heterocycles. The first-order chi connectivity index (χ1) is 16.7. The van der Waals surface area contributed by atoms with Crippen LogP contribution in [0.4, 0.5) is 5.69 Å². The van der Waals surface area contributed by atoms with E-state index < -0.39 is 39.3 Å². The van der Waals surface area contributed by atoms with E-state index in [0.29, 0.717) is 5.56 Å². The van der Waals surface area contributed by atoms with E-state index in [2.05, 4.69) is 27.6 Å². The fraction of sp³-hybridized carbons (Fsp3) is 0.458. The van der Waals surface area contributed by atoms with Gasteiger partial charge in [0.25, 0.3) is 10.0 Å². The molecular weight excluding hydrogens is 472 g/mol. The van der Waals surface area contributed by atoms with Crippen molar-refractivity contribution in [3.8, 4) is 6.07 Å². The van der Waals surface area contributed by atoms with Crippen molar-refractivity contribution in [2.45, 2.75) is 24.4 Å². The Hall–Kier alpha value is -2.56. The number of aliphatic hydroxyl groups excluding tert-OH is 3. The number of aliphatic hydroxyl groups is 3. The summed E-state index contributed by atoms with van der Waals surface area (Å²) < 4.78 is 32.9. The van der Waals surface area contributed by atoms with Gasteiger partial charge in [0.1, 0.15) is 24.4 Å². The van der Waals surface area contributed by atoms with Crippen LogP contribution in [0, 0.1) is 11.3 Å². The SMILES string of the molecule is CN1CCN(c2ccc3cc(/C=C(\C#N)S(=O)(=O)NC[C@H]4OC[C@H](O)[C@@H](O)[C@@H]4O)ccc3c2)CC1. The summed E-state index contributed by atoms with van der Waals surface area (Å²) in [6.45, 7) is 3.34. The molecule has 11 heteroatoms. The molecule has 4 rings (SSSR count). The molecule has 0 radical (unpaired) electrons. The van der Waals surface area contributed by atoms with Gasteiger partial charge in [-0.2, -0.15) is 5.26 Å². The lowest BCUT2D eigenvalue weighted by atomic mass is 10.0. The molecule has 0 unspecified atom stereocenters. The number of piperazine rings is 1. The topological polar surface area (TPSA) is 146 Å². The fourth-order valence-corrected chi connectivity index (χ4v) is 5.19. The van der Waals surface area contributed by atoms with E-state index in [1.54, 1.807) is 12.1 Å². The quantitative estimate of drug-likeness (QED) is 0.396. The van der Waals surface area contributed by atoms with Crippen molar-refractivity contribution in [3.05, 3.63) is 46.9 Å². The number of benzene rings is 2. The molecule has 0 spiro atoms. The highest BCUT2D eigenvalue weighted by Gasteiger charge is 2.38. The van der Waals surface area contributed by atoms with E-state index in [4.69, 9.17) is 4.74 Å². The molecule has 0 bridgehead atoms. The Morgan fingerprint density at radius 2 is 1.80 bits per heavy atom. The number of nitrogens with one attached hydrogen (secondary N) is 1. The van der Waals surface area contributed by atoms with Crippen LogP contribution in [0.25, 0.3) is 16.8 Å². The number of nitriles is 1. The molecule has 2 aromatic carbocycles. The molecule has 0 aromatic heterocycles. The third kappa shape index (κ3) is 5.82. The molecule has 0 saturated carbocycles. The van der Waals surface area contributed by atoms with Gasteiger partial charge in [-0.1, -0.05) is 18.2 Å². The highest BCUT2D eigenvalue weighted by Crippen LogP contribution is 2.25. The maximum Gasteiger partial charge on any atom is 0.250 e. The van der Waals surface area contributed by atoms with Crippen molar-refractivity contribution in [3.63, 3.8) is 0 Å². The van der Waals surface area contributed by atoms with E-state index in [0.717, 1.165) is 42.6 Å². The minimum atomic E-state index is -4.20. The number of rotatable bonds is 6. The highest BCUT2D eigenvalue weighted by molar-refractivity contribution is 7.93. The van der Waals surface area contributed by atoms with Crippen molar-refractivity contribution in [1.29, 1.82) is 5.26 Å². The molecule has 4 N–H and O–H groups in total. The monoisotopic (exact) mass is 502 g/mol. The van der Waals surface area contributed by atoms with Gasteiger partial charge in [-0.25, -0.2) is 13.1 Å². The summed E-state index contributed by atoms with van der Waals surface area (Å²) in [5.74, 6) is 0. The van der Waals surface area contributed by atoms with Gasteiger partial charge in [0.15, 0.2) is 4.91 Å². The molecule has 2 aromatic rings. The Morgan fingerprint density at radius 1 is 1.11 bits per heavy atom. The molecule has 2 aliphatic rings. The van der Waals surface area contributed by atoms with Crippen molar-refractivity contribution >= 4 is 32.6 Å². The van der Waals surface area contributed by atoms with Gasteiger partial charge in [0.05, 0.1) is 12.7 Å². The number of likely N-dealkylation sites (N-methyl/N-ethyl adjacent to an activating group) is 1. The lowest BCUT2D eigenvalue weighted by Crippen LogP contribution is -2.56. The normalized spacial score (nSPS) is 26.6. The molecule has 2 saturated heterocycles. The fourth-order valence-electron chi connectivity index (χ4n) is 4.24. The average molecular weight is 503 g/mol. The van der Waals surface area contributed by atoms with Crippen LogP contribution in [0.1, 0.15) is 5.56 Å². The zero-order chi connectivity index (χ0) is 25.2. The average Bonchev–Trinajstić information content (AvgIpc) is 2.85. The van der Waals surface area contributed by atoms with Gasteiger partial charge in [0.2, 0.25) is 0 Å². The minimum Gasteiger partial charge on any atom is -0.388 e. The zero-order valence-corrected chi connectivity index (χ0v) is 20.2. The second kappa shape index (κ2) is 10.6. The summed E-state index contributed by atoms with van der Waals surface area (Å²) in [6, 6.07) is 13.3. The number of allylic oxidation sites excluding steroid dienone is 1. The number of fused-ring (bicyclic) bond motifs is 1. The Kier molecular flexibility index (Phi) is 7.73. The van der Waals surface area contributed by atoms with Gasteiger partial charge in [-0.05, 0) is 47.7 Å². The van der Waals surface area contributed by atoms with Crippen LogP contribution in [-0.2, 0) is 14.8 Å². The van der Waals surface area contributed by atoms with Gasteiger partial charge >= 0.3 is 0 Å².